The van der Waals surface area contributed by atoms with Gasteiger partial charge < -0.3 is 0 Å². The van der Waals surface area contributed by atoms with Crippen LogP contribution in [0.4, 0.5) is 0 Å². The van der Waals surface area contributed by atoms with Gasteiger partial charge >= 0.3 is 0 Å². The molecule has 0 aliphatic carbocycles. The molecule has 2 rings (SSSR count). The van der Waals surface area contributed by atoms with Crippen LogP contribution in [0.3, 0.4) is 0 Å². The molecule has 1 aliphatic rings. The highest BCUT2D eigenvalue weighted by atomic mass is 16.6. The van der Waals surface area contributed by atoms with Gasteiger partial charge in [-0.25, -0.2) is 0 Å². The van der Waals surface area contributed by atoms with Gasteiger partial charge in [0.05, 0.1) is 10.6 Å². The summed E-state index contributed by atoms with van der Waals surface area (Å²) < 4.78 is 0. The predicted molar refractivity (Wildman–Crippen MR) is 58.9 cm³/mol. The molecule has 0 saturated carbocycles. The van der Waals surface area contributed by atoms with Gasteiger partial charge in [-0.1, -0.05) is 6.07 Å². The van der Waals surface area contributed by atoms with Crippen LogP contribution < -0.4 is 5.43 Å². The van der Waals surface area contributed by atoms with Gasteiger partial charge in [-0.3, -0.25) is 20.5 Å². The summed E-state index contributed by atoms with van der Waals surface area (Å²) in [5.41, 5.74) is 3.32. The van der Waals surface area contributed by atoms with Crippen LogP contribution in [0.25, 0.3) is 5.70 Å². The highest BCUT2D eigenvalue weighted by Crippen LogP contribution is 2.16. The van der Waals surface area contributed by atoms with E-state index in [9.17, 15) is 10.1 Å². The molecule has 1 N–H and O–H groups in total. The molecule has 1 aromatic rings. The normalized spacial score (nSPS) is 14.5. The Balaban J connectivity index is 2.53. The van der Waals surface area contributed by atoms with Crippen molar-refractivity contribution in [1.82, 2.24) is 10.4 Å². The van der Waals surface area contributed by atoms with Crippen molar-refractivity contribution in [2.75, 3.05) is 0 Å². The van der Waals surface area contributed by atoms with E-state index < -0.39 is 4.92 Å². The van der Waals surface area contributed by atoms with Crippen molar-refractivity contribution < 1.29 is 4.92 Å². The van der Waals surface area contributed by atoms with Gasteiger partial charge in [0.2, 0.25) is 0 Å². The second-order valence-corrected chi connectivity index (χ2v) is 2.98. The third-order valence-corrected chi connectivity index (χ3v) is 1.96. The van der Waals surface area contributed by atoms with Crippen molar-refractivity contribution in [1.29, 1.82) is 0 Å². The minimum atomic E-state index is -0.470. The lowest BCUT2D eigenvalue weighted by atomic mass is 10.2. The number of nitrogens with one attached hydrogen (secondary N) is 1. The summed E-state index contributed by atoms with van der Waals surface area (Å²) in [5.74, 6) is 0. The van der Waals surface area contributed by atoms with Crippen LogP contribution in [-0.4, -0.2) is 16.1 Å². The summed E-state index contributed by atoms with van der Waals surface area (Å²) in [5, 5.41) is 14.7. The summed E-state index contributed by atoms with van der Waals surface area (Å²) in [6, 6.07) is 5.18. The maximum absolute atomic E-state index is 10.9. The molecular weight excluding hydrogens is 208 g/mol. The van der Waals surface area contributed by atoms with Gasteiger partial charge in [0, 0.05) is 18.5 Å². The van der Waals surface area contributed by atoms with Gasteiger partial charge in [-0.15, -0.1) is 0 Å². The van der Waals surface area contributed by atoms with Crippen LogP contribution in [0.15, 0.2) is 47.3 Å². The van der Waals surface area contributed by atoms with Crippen LogP contribution in [0.5, 0.6) is 0 Å². The van der Waals surface area contributed by atoms with Crippen LogP contribution in [0.1, 0.15) is 5.69 Å². The molecule has 16 heavy (non-hydrogen) atoms. The summed E-state index contributed by atoms with van der Waals surface area (Å²) in [6.45, 7) is 0. The minimum absolute atomic E-state index is 0.0591. The standard InChI is InChI=1S/C10H8N4O2/c15-14(16)9-5-3-7-12-13-10(9)8-4-1-2-6-11-8/h1-7,13H. The zero-order valence-electron chi connectivity index (χ0n) is 8.20. The monoisotopic (exact) mass is 216 g/mol. The second kappa shape index (κ2) is 4.35. The Morgan fingerprint density at radius 1 is 1.38 bits per heavy atom. The fourth-order valence-corrected chi connectivity index (χ4v) is 1.27. The topological polar surface area (TPSA) is 80.4 Å². The number of hydrazone groups is 1. The Kier molecular flexibility index (Phi) is 2.73. The number of nitro groups is 1. The minimum Gasteiger partial charge on any atom is -0.270 e. The third-order valence-electron chi connectivity index (χ3n) is 1.96. The first-order chi connectivity index (χ1) is 7.79. The molecule has 0 aromatic carbocycles. The lowest BCUT2D eigenvalue weighted by Crippen LogP contribution is -2.11. The Hall–Kier alpha value is -2.50. The van der Waals surface area contributed by atoms with Gasteiger partial charge in [-0.05, 0) is 18.2 Å². The van der Waals surface area contributed by atoms with Gasteiger partial charge in [0.1, 0.15) is 0 Å². The molecule has 0 radical (unpaired) electrons. The van der Waals surface area contributed by atoms with Crippen LogP contribution >= 0.6 is 0 Å². The van der Waals surface area contributed by atoms with Crippen molar-refractivity contribution >= 4 is 11.9 Å². The number of pyridine rings is 1. The highest BCUT2D eigenvalue weighted by molar-refractivity contribution is 5.76. The number of hydrogen-bond donors (Lipinski definition) is 1. The number of nitrogens with zero attached hydrogens (tertiary/aromatic N) is 3. The molecule has 2 heterocycles. The van der Waals surface area contributed by atoms with Gasteiger partial charge in [0.25, 0.3) is 5.70 Å². The first-order valence-corrected chi connectivity index (χ1v) is 4.55. The second-order valence-electron chi connectivity index (χ2n) is 2.98. The summed E-state index contributed by atoms with van der Waals surface area (Å²) >= 11 is 0. The van der Waals surface area contributed by atoms with E-state index in [0.29, 0.717) is 5.69 Å². The van der Waals surface area contributed by atoms with Gasteiger partial charge in [0.15, 0.2) is 5.70 Å². The van der Waals surface area contributed by atoms with E-state index >= 15 is 0 Å². The molecule has 0 bridgehead atoms. The summed E-state index contributed by atoms with van der Waals surface area (Å²) in [6.07, 6.45) is 5.90. The molecule has 6 nitrogen and oxygen atoms in total. The van der Waals surface area contributed by atoms with Crippen LogP contribution in [0, 0.1) is 10.1 Å². The molecule has 80 valence electrons. The van der Waals surface area contributed by atoms with E-state index in [1.165, 1.54) is 18.4 Å². The average Bonchev–Trinajstić information content (AvgIpc) is 2.55. The van der Waals surface area contributed by atoms with E-state index in [0.717, 1.165) is 0 Å². The molecule has 0 fully saturated rings. The fraction of sp³-hybridized carbons (Fsp3) is 0. The lowest BCUT2D eigenvalue weighted by molar-refractivity contribution is -0.418. The van der Waals surface area contributed by atoms with Gasteiger partial charge in [-0.2, -0.15) is 5.10 Å². The maximum atomic E-state index is 10.9. The Morgan fingerprint density at radius 2 is 2.25 bits per heavy atom. The molecule has 0 unspecified atom stereocenters. The highest BCUT2D eigenvalue weighted by Gasteiger charge is 2.18. The van der Waals surface area contributed by atoms with Crippen molar-refractivity contribution in [3.05, 3.63) is 58.1 Å². The van der Waals surface area contributed by atoms with Crippen LogP contribution in [0.2, 0.25) is 0 Å². The number of hydrogen-bond acceptors (Lipinski definition) is 5. The maximum Gasteiger partial charge on any atom is 0.296 e. The van der Waals surface area contributed by atoms with Crippen molar-refractivity contribution in [2.24, 2.45) is 5.10 Å². The first kappa shape index (κ1) is 10.0. The largest absolute Gasteiger partial charge is 0.296 e. The zero-order chi connectivity index (χ0) is 11.4. The molecule has 0 atom stereocenters. The summed E-state index contributed by atoms with van der Waals surface area (Å²) in [4.78, 5) is 14.4. The van der Waals surface area contributed by atoms with Crippen molar-refractivity contribution in [2.45, 2.75) is 0 Å². The van der Waals surface area contributed by atoms with E-state index in [-0.39, 0.29) is 11.4 Å². The number of aromatic nitrogens is 1. The van der Waals surface area contributed by atoms with E-state index in [1.807, 2.05) is 0 Å². The van der Waals surface area contributed by atoms with E-state index in [1.54, 1.807) is 24.4 Å². The third kappa shape index (κ3) is 1.95. The smallest absolute Gasteiger partial charge is 0.270 e. The lowest BCUT2D eigenvalue weighted by Gasteiger charge is -2.04. The molecule has 0 spiro atoms. The van der Waals surface area contributed by atoms with E-state index in [4.69, 9.17) is 0 Å². The number of rotatable bonds is 2. The average molecular weight is 216 g/mol. The molecule has 1 aliphatic heterocycles. The molecule has 1 aromatic heterocycles. The molecule has 6 heteroatoms. The molecule has 0 saturated heterocycles. The quantitative estimate of drug-likeness (QED) is 0.594. The zero-order valence-corrected chi connectivity index (χ0v) is 8.20. The molecule has 0 amide bonds. The first-order valence-electron chi connectivity index (χ1n) is 4.55. The Bertz CT molecular complexity index is 491. The Labute approximate surface area is 91.2 Å². The predicted octanol–water partition coefficient (Wildman–Crippen LogP) is 1.17. The fourth-order valence-electron chi connectivity index (χ4n) is 1.27. The number of allylic oxidation sites excluding steroid dienone is 2. The Morgan fingerprint density at radius 3 is 2.94 bits per heavy atom. The van der Waals surface area contributed by atoms with E-state index in [2.05, 4.69) is 15.5 Å². The summed E-state index contributed by atoms with van der Waals surface area (Å²) in [7, 11) is 0. The molecular formula is C10H8N4O2. The van der Waals surface area contributed by atoms with Crippen molar-refractivity contribution in [3.63, 3.8) is 0 Å². The van der Waals surface area contributed by atoms with Crippen molar-refractivity contribution in [3.8, 4) is 0 Å². The SMILES string of the molecule is O=[N+]([O-])C1=C(c2ccccn2)NN=CC=C1. The van der Waals surface area contributed by atoms with Crippen LogP contribution in [-0.2, 0) is 0 Å².